The minimum atomic E-state index is -0.749. The summed E-state index contributed by atoms with van der Waals surface area (Å²) in [4.78, 5) is 36.2. The summed E-state index contributed by atoms with van der Waals surface area (Å²) < 4.78 is 21.0. The molecule has 0 spiro atoms. The van der Waals surface area contributed by atoms with Crippen molar-refractivity contribution in [1.29, 1.82) is 0 Å². The second kappa shape index (κ2) is 9.67. The second-order valence-electron chi connectivity index (χ2n) is 6.13. The first-order valence-electron chi connectivity index (χ1n) is 8.89. The molecule has 1 amide bonds. The lowest BCUT2D eigenvalue weighted by atomic mass is 9.87. The molecule has 10 nitrogen and oxygen atoms in total. The summed E-state index contributed by atoms with van der Waals surface area (Å²) >= 11 is 0. The van der Waals surface area contributed by atoms with Crippen LogP contribution in [0.2, 0.25) is 0 Å². The number of aromatic amines is 2. The molecular formula is C19H25N3O7. The van der Waals surface area contributed by atoms with Gasteiger partial charge in [-0.15, -0.1) is 0 Å². The van der Waals surface area contributed by atoms with E-state index in [9.17, 15) is 14.4 Å². The van der Waals surface area contributed by atoms with Gasteiger partial charge in [-0.1, -0.05) is 0 Å². The Morgan fingerprint density at radius 2 is 1.69 bits per heavy atom. The SMILES string of the molecule is CCOC(=O)Cc1[nH][nH]c(=O)c1[C@H](CC(N)=O)c1cc(OC)c(OC)c(OC)c1. The molecule has 0 aliphatic heterocycles. The van der Waals surface area contributed by atoms with Crippen molar-refractivity contribution in [3.05, 3.63) is 39.3 Å². The van der Waals surface area contributed by atoms with E-state index in [-0.39, 0.29) is 25.0 Å². The van der Waals surface area contributed by atoms with Crippen molar-refractivity contribution in [2.75, 3.05) is 27.9 Å². The number of ether oxygens (including phenoxy) is 4. The summed E-state index contributed by atoms with van der Waals surface area (Å²) in [5.41, 5.74) is 6.04. The number of H-pyrrole nitrogens is 2. The number of methoxy groups -OCH3 is 3. The van der Waals surface area contributed by atoms with Crippen LogP contribution in [0, 0.1) is 0 Å². The Kier molecular flexibility index (Phi) is 7.29. The van der Waals surface area contributed by atoms with Gasteiger partial charge in [0.25, 0.3) is 5.56 Å². The first-order chi connectivity index (χ1) is 13.9. The second-order valence-corrected chi connectivity index (χ2v) is 6.13. The van der Waals surface area contributed by atoms with Crippen molar-refractivity contribution in [1.82, 2.24) is 10.2 Å². The number of carbonyl (C=O) groups excluding carboxylic acids is 2. The molecule has 1 aromatic heterocycles. The van der Waals surface area contributed by atoms with Crippen LogP contribution in [0.15, 0.2) is 16.9 Å². The zero-order chi connectivity index (χ0) is 21.6. The molecule has 158 valence electrons. The Morgan fingerprint density at radius 1 is 1.07 bits per heavy atom. The highest BCUT2D eigenvalue weighted by atomic mass is 16.5. The zero-order valence-electron chi connectivity index (χ0n) is 16.8. The van der Waals surface area contributed by atoms with Gasteiger partial charge in [-0.05, 0) is 24.6 Å². The van der Waals surface area contributed by atoms with Crippen molar-refractivity contribution in [2.24, 2.45) is 5.73 Å². The third-order valence-electron chi connectivity index (χ3n) is 4.37. The molecule has 0 aliphatic carbocycles. The standard InChI is InChI=1S/C19H25N3O7/c1-5-29-16(24)9-12-17(19(25)22-21-12)11(8-15(20)23)10-6-13(26-2)18(28-4)14(7-10)27-3/h6-7,11H,5,8-9H2,1-4H3,(H2,20,23)(H2,21,22,25)/t11-/m1/s1. The van der Waals surface area contributed by atoms with E-state index < -0.39 is 23.4 Å². The van der Waals surface area contributed by atoms with Gasteiger partial charge >= 0.3 is 5.97 Å². The fourth-order valence-electron chi connectivity index (χ4n) is 3.16. The number of nitrogens with one attached hydrogen (secondary N) is 2. The van der Waals surface area contributed by atoms with E-state index in [1.165, 1.54) is 21.3 Å². The molecule has 0 fully saturated rings. The van der Waals surface area contributed by atoms with Crippen LogP contribution in [-0.2, 0) is 20.7 Å². The van der Waals surface area contributed by atoms with E-state index in [1.54, 1.807) is 19.1 Å². The zero-order valence-corrected chi connectivity index (χ0v) is 16.8. The van der Waals surface area contributed by atoms with Crippen LogP contribution in [0.25, 0.3) is 0 Å². The van der Waals surface area contributed by atoms with Crippen LogP contribution in [-0.4, -0.2) is 50.0 Å². The average molecular weight is 407 g/mol. The molecule has 0 saturated heterocycles. The molecule has 0 unspecified atom stereocenters. The minimum absolute atomic E-state index is 0.165. The van der Waals surface area contributed by atoms with E-state index in [2.05, 4.69) is 10.2 Å². The Hall–Kier alpha value is -3.43. The Labute approximate surface area is 167 Å². The molecule has 2 aromatic rings. The van der Waals surface area contributed by atoms with Crippen molar-refractivity contribution in [2.45, 2.75) is 25.7 Å². The molecule has 1 aromatic carbocycles. The molecule has 0 aliphatic rings. The third-order valence-corrected chi connectivity index (χ3v) is 4.37. The molecular weight excluding hydrogens is 382 g/mol. The van der Waals surface area contributed by atoms with E-state index in [0.29, 0.717) is 28.5 Å². The maximum absolute atomic E-state index is 12.5. The lowest BCUT2D eigenvalue weighted by Gasteiger charge is -2.19. The highest BCUT2D eigenvalue weighted by Gasteiger charge is 2.28. The van der Waals surface area contributed by atoms with Crippen molar-refractivity contribution in [3.8, 4) is 17.2 Å². The number of amides is 1. The Bertz CT molecular complexity index is 907. The number of aromatic nitrogens is 2. The van der Waals surface area contributed by atoms with E-state index >= 15 is 0 Å². The molecule has 0 saturated carbocycles. The van der Waals surface area contributed by atoms with Crippen LogP contribution in [0.5, 0.6) is 17.2 Å². The highest BCUT2D eigenvalue weighted by Crippen LogP contribution is 2.42. The maximum atomic E-state index is 12.5. The van der Waals surface area contributed by atoms with Crippen LogP contribution < -0.4 is 25.5 Å². The van der Waals surface area contributed by atoms with Gasteiger partial charge in [0.05, 0.1) is 40.1 Å². The lowest BCUT2D eigenvalue weighted by molar-refractivity contribution is -0.142. The highest BCUT2D eigenvalue weighted by molar-refractivity contribution is 5.76. The monoisotopic (exact) mass is 407 g/mol. The minimum Gasteiger partial charge on any atom is -0.493 e. The van der Waals surface area contributed by atoms with Crippen molar-refractivity contribution >= 4 is 11.9 Å². The lowest BCUT2D eigenvalue weighted by Crippen LogP contribution is -2.22. The predicted molar refractivity (Wildman–Crippen MR) is 104 cm³/mol. The largest absolute Gasteiger partial charge is 0.493 e. The number of hydrogen-bond acceptors (Lipinski definition) is 7. The van der Waals surface area contributed by atoms with Gasteiger partial charge in [-0.2, -0.15) is 0 Å². The molecule has 1 heterocycles. The number of hydrogen-bond donors (Lipinski definition) is 3. The van der Waals surface area contributed by atoms with Gasteiger partial charge in [0.1, 0.15) is 0 Å². The molecule has 2 rings (SSSR count). The van der Waals surface area contributed by atoms with E-state index in [1.807, 2.05) is 0 Å². The first kappa shape index (κ1) is 21.9. The molecule has 1 atom stereocenters. The molecule has 29 heavy (non-hydrogen) atoms. The van der Waals surface area contributed by atoms with Crippen molar-refractivity contribution < 1.29 is 28.5 Å². The van der Waals surface area contributed by atoms with Gasteiger partial charge in [-0.25, -0.2) is 0 Å². The fraction of sp³-hybridized carbons (Fsp3) is 0.421. The van der Waals surface area contributed by atoms with E-state index in [4.69, 9.17) is 24.7 Å². The molecule has 10 heteroatoms. The third kappa shape index (κ3) is 4.89. The van der Waals surface area contributed by atoms with Gasteiger partial charge in [0.15, 0.2) is 11.5 Å². The summed E-state index contributed by atoms with van der Waals surface area (Å²) in [6, 6.07) is 3.27. The summed E-state index contributed by atoms with van der Waals surface area (Å²) in [7, 11) is 4.38. The van der Waals surface area contributed by atoms with Gasteiger partial charge < -0.3 is 29.8 Å². The summed E-state index contributed by atoms with van der Waals surface area (Å²) in [5, 5.41) is 5.15. The topological polar surface area (TPSA) is 146 Å². The normalized spacial score (nSPS) is 11.6. The van der Waals surface area contributed by atoms with Crippen LogP contribution in [0.1, 0.15) is 36.1 Å². The van der Waals surface area contributed by atoms with E-state index in [0.717, 1.165) is 0 Å². The smallest absolute Gasteiger partial charge is 0.311 e. The van der Waals surface area contributed by atoms with Gasteiger partial charge in [0.2, 0.25) is 11.7 Å². The average Bonchev–Trinajstić information content (AvgIpc) is 3.04. The Morgan fingerprint density at radius 3 is 2.17 bits per heavy atom. The first-order valence-corrected chi connectivity index (χ1v) is 8.89. The number of rotatable bonds is 10. The molecule has 0 radical (unpaired) electrons. The van der Waals surface area contributed by atoms with Crippen LogP contribution >= 0.6 is 0 Å². The number of esters is 1. The van der Waals surface area contributed by atoms with Gasteiger partial charge in [-0.3, -0.25) is 19.5 Å². The summed E-state index contributed by atoms with van der Waals surface area (Å²) in [6.45, 7) is 1.89. The Balaban J connectivity index is 2.63. The molecule has 0 bridgehead atoms. The molecule has 4 N–H and O–H groups in total. The maximum Gasteiger partial charge on any atom is 0.311 e. The summed E-state index contributed by atoms with van der Waals surface area (Å²) in [6.07, 6.45) is -0.336. The van der Waals surface area contributed by atoms with Crippen LogP contribution in [0.3, 0.4) is 0 Å². The fourth-order valence-corrected chi connectivity index (χ4v) is 3.16. The van der Waals surface area contributed by atoms with Gasteiger partial charge in [0, 0.05) is 17.9 Å². The van der Waals surface area contributed by atoms with Crippen LogP contribution in [0.4, 0.5) is 0 Å². The number of nitrogens with two attached hydrogens (primary N) is 1. The quantitative estimate of drug-likeness (QED) is 0.495. The predicted octanol–water partition coefficient (Wildman–Crippen LogP) is 0.842. The summed E-state index contributed by atoms with van der Waals surface area (Å²) in [5.74, 6) is -0.796. The number of primary amides is 1. The number of benzene rings is 1. The number of carbonyl (C=O) groups is 2. The van der Waals surface area contributed by atoms with Crippen molar-refractivity contribution in [3.63, 3.8) is 0 Å².